The number of likely N-dealkylation sites (tertiary alicyclic amines) is 1. The van der Waals surface area contributed by atoms with Gasteiger partial charge in [0.15, 0.2) is 0 Å². The molecule has 4 rings (SSSR count). The zero-order chi connectivity index (χ0) is 17.9. The lowest BCUT2D eigenvalue weighted by atomic mass is 9.94. The third-order valence-electron chi connectivity index (χ3n) is 6.05. The molecule has 0 spiro atoms. The molecule has 1 atom stereocenters. The van der Waals surface area contributed by atoms with Gasteiger partial charge in [-0.25, -0.2) is 0 Å². The Labute approximate surface area is 160 Å². The SMILES string of the molecule is Cc1cc(CN2CCN(C(=O)C3CCN([C@@H]4CCSC4)CC3)CC2)no1. The Bertz CT molecular complexity index is 600. The fourth-order valence-electron chi connectivity index (χ4n) is 4.43. The maximum atomic E-state index is 12.9. The summed E-state index contributed by atoms with van der Waals surface area (Å²) >= 11 is 2.08. The van der Waals surface area contributed by atoms with Gasteiger partial charge in [0.05, 0.1) is 5.69 Å². The second kappa shape index (κ2) is 8.31. The van der Waals surface area contributed by atoms with Crippen LogP contribution in [0.3, 0.4) is 0 Å². The molecule has 7 heteroatoms. The van der Waals surface area contributed by atoms with Crippen molar-refractivity contribution >= 4 is 17.7 Å². The molecule has 3 aliphatic heterocycles. The summed E-state index contributed by atoms with van der Waals surface area (Å²) < 4.78 is 5.14. The van der Waals surface area contributed by atoms with Gasteiger partial charge in [-0.1, -0.05) is 5.16 Å². The summed E-state index contributed by atoms with van der Waals surface area (Å²) in [5.74, 6) is 4.08. The van der Waals surface area contributed by atoms with E-state index in [1.165, 1.54) is 17.9 Å². The number of carbonyl (C=O) groups is 1. The number of piperidine rings is 1. The highest BCUT2D eigenvalue weighted by Gasteiger charge is 2.33. The van der Waals surface area contributed by atoms with Crippen LogP contribution in [0.5, 0.6) is 0 Å². The van der Waals surface area contributed by atoms with Gasteiger partial charge in [-0.05, 0) is 45.0 Å². The Morgan fingerprint density at radius 3 is 2.58 bits per heavy atom. The molecule has 144 valence electrons. The predicted octanol–water partition coefficient (Wildman–Crippen LogP) is 1.84. The summed E-state index contributed by atoms with van der Waals surface area (Å²) in [7, 11) is 0. The minimum Gasteiger partial charge on any atom is -0.361 e. The molecule has 6 nitrogen and oxygen atoms in total. The lowest BCUT2D eigenvalue weighted by molar-refractivity contribution is -0.139. The van der Waals surface area contributed by atoms with Crippen molar-refractivity contribution in [1.29, 1.82) is 0 Å². The van der Waals surface area contributed by atoms with Crippen LogP contribution in [-0.2, 0) is 11.3 Å². The first-order chi connectivity index (χ1) is 12.7. The number of aryl methyl sites for hydroxylation is 1. The number of thioether (sulfide) groups is 1. The second-order valence-corrected chi connectivity index (χ2v) is 9.01. The zero-order valence-electron chi connectivity index (χ0n) is 15.7. The molecule has 0 aliphatic carbocycles. The van der Waals surface area contributed by atoms with E-state index in [4.69, 9.17) is 4.52 Å². The van der Waals surface area contributed by atoms with Crippen LogP contribution in [0.1, 0.15) is 30.7 Å². The van der Waals surface area contributed by atoms with E-state index in [1.807, 2.05) is 13.0 Å². The van der Waals surface area contributed by atoms with Crippen LogP contribution in [-0.4, -0.2) is 82.6 Å². The maximum absolute atomic E-state index is 12.9. The van der Waals surface area contributed by atoms with Crippen molar-refractivity contribution in [3.8, 4) is 0 Å². The van der Waals surface area contributed by atoms with Crippen LogP contribution in [0, 0.1) is 12.8 Å². The number of nitrogens with zero attached hydrogens (tertiary/aromatic N) is 4. The Morgan fingerprint density at radius 1 is 1.19 bits per heavy atom. The summed E-state index contributed by atoms with van der Waals surface area (Å²) in [5, 5.41) is 4.07. The highest BCUT2D eigenvalue weighted by Crippen LogP contribution is 2.28. The van der Waals surface area contributed by atoms with Crippen molar-refractivity contribution in [3.05, 3.63) is 17.5 Å². The Kier molecular flexibility index (Phi) is 5.86. The summed E-state index contributed by atoms with van der Waals surface area (Å²) in [6.07, 6.45) is 3.41. The first-order valence-electron chi connectivity index (χ1n) is 9.94. The minimum atomic E-state index is 0.241. The average molecular weight is 379 g/mol. The monoisotopic (exact) mass is 378 g/mol. The zero-order valence-corrected chi connectivity index (χ0v) is 16.5. The van der Waals surface area contributed by atoms with Crippen LogP contribution in [0.25, 0.3) is 0 Å². The van der Waals surface area contributed by atoms with Crippen molar-refractivity contribution in [2.24, 2.45) is 5.92 Å². The highest BCUT2D eigenvalue weighted by atomic mass is 32.2. The Balaban J connectivity index is 1.21. The number of rotatable bonds is 4. The van der Waals surface area contributed by atoms with E-state index < -0.39 is 0 Å². The van der Waals surface area contributed by atoms with Crippen LogP contribution in [0.15, 0.2) is 10.6 Å². The molecule has 3 aliphatic rings. The van der Waals surface area contributed by atoms with E-state index >= 15 is 0 Å². The summed E-state index contributed by atoms with van der Waals surface area (Å²) in [5.41, 5.74) is 0.986. The van der Waals surface area contributed by atoms with Crippen LogP contribution < -0.4 is 0 Å². The minimum absolute atomic E-state index is 0.241. The van der Waals surface area contributed by atoms with Crippen LogP contribution in [0.4, 0.5) is 0 Å². The molecular weight excluding hydrogens is 348 g/mol. The molecule has 0 bridgehead atoms. The fraction of sp³-hybridized carbons (Fsp3) is 0.789. The lowest BCUT2D eigenvalue weighted by Gasteiger charge is -2.39. The molecule has 0 aromatic carbocycles. The van der Waals surface area contributed by atoms with Gasteiger partial charge >= 0.3 is 0 Å². The van der Waals surface area contributed by atoms with Gasteiger partial charge in [-0.15, -0.1) is 0 Å². The molecule has 1 amide bonds. The number of amides is 1. The Hall–Kier alpha value is -1.05. The van der Waals surface area contributed by atoms with Crippen LogP contribution >= 0.6 is 11.8 Å². The topological polar surface area (TPSA) is 52.8 Å². The van der Waals surface area contributed by atoms with Crippen molar-refractivity contribution in [1.82, 2.24) is 19.9 Å². The molecule has 3 saturated heterocycles. The van der Waals surface area contributed by atoms with Gasteiger partial charge in [-0.3, -0.25) is 14.6 Å². The van der Waals surface area contributed by atoms with Crippen molar-refractivity contribution in [2.75, 3.05) is 50.8 Å². The van der Waals surface area contributed by atoms with Gasteiger partial charge in [0, 0.05) is 56.5 Å². The van der Waals surface area contributed by atoms with Crippen LogP contribution in [0.2, 0.25) is 0 Å². The van der Waals surface area contributed by atoms with E-state index in [0.717, 1.165) is 76.2 Å². The fourth-order valence-corrected chi connectivity index (χ4v) is 5.68. The Morgan fingerprint density at radius 2 is 1.96 bits per heavy atom. The van der Waals surface area contributed by atoms with Gasteiger partial charge in [0.2, 0.25) is 5.91 Å². The third-order valence-corrected chi connectivity index (χ3v) is 7.19. The molecule has 1 aromatic rings. The first-order valence-corrected chi connectivity index (χ1v) is 11.1. The van der Waals surface area contributed by atoms with Gasteiger partial charge in [-0.2, -0.15) is 11.8 Å². The molecule has 0 radical (unpaired) electrons. The van der Waals surface area contributed by atoms with Crippen molar-refractivity contribution in [2.45, 2.75) is 38.8 Å². The lowest BCUT2D eigenvalue weighted by Crippen LogP contribution is -2.52. The number of piperazine rings is 1. The molecular formula is C19H30N4O2S. The molecule has 4 heterocycles. The third kappa shape index (κ3) is 4.26. The molecule has 0 unspecified atom stereocenters. The van der Waals surface area contributed by atoms with Crippen molar-refractivity contribution < 1.29 is 9.32 Å². The number of hydrogen-bond acceptors (Lipinski definition) is 6. The molecule has 3 fully saturated rings. The quantitative estimate of drug-likeness (QED) is 0.797. The summed E-state index contributed by atoms with van der Waals surface area (Å²) in [6.45, 7) is 8.48. The number of carbonyl (C=O) groups excluding carboxylic acids is 1. The normalized spacial score (nSPS) is 26.5. The summed E-state index contributed by atoms with van der Waals surface area (Å²) in [4.78, 5) is 20.0. The smallest absolute Gasteiger partial charge is 0.225 e. The first kappa shape index (κ1) is 18.3. The molecule has 1 aromatic heterocycles. The number of hydrogen-bond donors (Lipinski definition) is 0. The van der Waals surface area contributed by atoms with E-state index in [0.29, 0.717) is 5.91 Å². The highest BCUT2D eigenvalue weighted by molar-refractivity contribution is 7.99. The summed E-state index contributed by atoms with van der Waals surface area (Å²) in [6, 6.07) is 2.76. The number of aromatic nitrogens is 1. The standard InChI is InChI=1S/C19H30N4O2S/c1-15-12-17(20-25-15)13-21-7-9-23(10-8-21)19(24)16-2-5-22(6-3-16)18-4-11-26-14-18/h12,16,18H,2-11,13-14H2,1H3/t18-/m1/s1. The van der Waals surface area contributed by atoms with Gasteiger partial charge in [0.1, 0.15) is 5.76 Å². The predicted molar refractivity (Wildman–Crippen MR) is 103 cm³/mol. The van der Waals surface area contributed by atoms with E-state index in [1.54, 1.807) is 0 Å². The van der Waals surface area contributed by atoms with Gasteiger partial charge in [0.25, 0.3) is 0 Å². The maximum Gasteiger partial charge on any atom is 0.225 e. The molecule has 26 heavy (non-hydrogen) atoms. The van der Waals surface area contributed by atoms with Gasteiger partial charge < -0.3 is 9.42 Å². The van der Waals surface area contributed by atoms with Crippen molar-refractivity contribution in [3.63, 3.8) is 0 Å². The van der Waals surface area contributed by atoms with E-state index in [2.05, 4.69) is 31.6 Å². The average Bonchev–Trinajstić information content (AvgIpc) is 3.34. The molecule has 0 N–H and O–H groups in total. The van der Waals surface area contributed by atoms with E-state index in [-0.39, 0.29) is 5.92 Å². The largest absolute Gasteiger partial charge is 0.361 e. The molecule has 0 saturated carbocycles. The second-order valence-electron chi connectivity index (χ2n) is 7.86. The van der Waals surface area contributed by atoms with E-state index in [9.17, 15) is 4.79 Å².